The second-order valence-corrected chi connectivity index (χ2v) is 6.86. The molecule has 0 saturated heterocycles. The van der Waals surface area contributed by atoms with Crippen molar-refractivity contribution >= 4 is 5.91 Å². The molecule has 118 valence electrons. The van der Waals surface area contributed by atoms with Crippen LogP contribution in [0, 0.1) is 0 Å². The SMILES string of the molecule is CCN(C)C(=O)c1c(C(C)C)cc(C(C)C)cc1C(C)C. The molecule has 0 unspecified atom stereocenters. The molecular formula is C19H31NO. The average Bonchev–Trinajstić information content (AvgIpc) is 2.43. The summed E-state index contributed by atoms with van der Waals surface area (Å²) in [5.41, 5.74) is 4.64. The molecule has 2 heteroatoms. The minimum atomic E-state index is 0.153. The molecule has 1 rings (SSSR count). The summed E-state index contributed by atoms with van der Waals surface area (Å²) in [6.45, 7) is 15.9. The van der Waals surface area contributed by atoms with Crippen LogP contribution >= 0.6 is 0 Å². The number of nitrogens with zero attached hydrogens (tertiary/aromatic N) is 1. The normalized spacial score (nSPS) is 11.6. The summed E-state index contributed by atoms with van der Waals surface area (Å²) in [7, 11) is 1.88. The van der Waals surface area contributed by atoms with Gasteiger partial charge in [-0.2, -0.15) is 0 Å². The van der Waals surface area contributed by atoms with E-state index in [0.717, 1.165) is 12.1 Å². The highest BCUT2D eigenvalue weighted by atomic mass is 16.2. The van der Waals surface area contributed by atoms with Crippen LogP contribution in [0.5, 0.6) is 0 Å². The van der Waals surface area contributed by atoms with E-state index in [-0.39, 0.29) is 5.91 Å². The van der Waals surface area contributed by atoms with Crippen LogP contribution in [0.1, 0.15) is 93.3 Å². The van der Waals surface area contributed by atoms with Crippen LogP contribution in [0.25, 0.3) is 0 Å². The third-order valence-electron chi connectivity index (χ3n) is 4.17. The first-order valence-corrected chi connectivity index (χ1v) is 8.13. The number of carbonyl (C=O) groups excluding carboxylic acids is 1. The van der Waals surface area contributed by atoms with Gasteiger partial charge >= 0.3 is 0 Å². The first kappa shape index (κ1) is 17.7. The molecule has 1 aromatic carbocycles. The fourth-order valence-corrected chi connectivity index (χ4v) is 2.54. The van der Waals surface area contributed by atoms with Crippen LogP contribution in [0.3, 0.4) is 0 Å². The Morgan fingerprint density at radius 2 is 1.38 bits per heavy atom. The van der Waals surface area contributed by atoms with Crippen molar-refractivity contribution in [1.29, 1.82) is 0 Å². The topological polar surface area (TPSA) is 20.3 Å². The minimum absolute atomic E-state index is 0.153. The molecule has 0 bridgehead atoms. The van der Waals surface area contributed by atoms with Gasteiger partial charge in [0.1, 0.15) is 0 Å². The highest BCUT2D eigenvalue weighted by Crippen LogP contribution is 2.32. The zero-order valence-electron chi connectivity index (χ0n) is 14.9. The molecule has 0 fully saturated rings. The molecule has 0 radical (unpaired) electrons. The van der Waals surface area contributed by atoms with Crippen molar-refractivity contribution in [2.75, 3.05) is 13.6 Å². The molecular weight excluding hydrogens is 258 g/mol. The molecule has 0 heterocycles. The van der Waals surface area contributed by atoms with Gasteiger partial charge in [0.15, 0.2) is 0 Å². The van der Waals surface area contributed by atoms with Crippen molar-refractivity contribution < 1.29 is 4.79 Å². The molecule has 0 aliphatic heterocycles. The zero-order chi connectivity index (χ0) is 16.3. The predicted molar refractivity (Wildman–Crippen MR) is 91.3 cm³/mol. The van der Waals surface area contributed by atoms with Gasteiger partial charge in [-0.15, -0.1) is 0 Å². The van der Waals surface area contributed by atoms with Crippen LogP contribution in [-0.2, 0) is 0 Å². The Kier molecular flexibility index (Phi) is 6.00. The summed E-state index contributed by atoms with van der Waals surface area (Å²) in [4.78, 5) is 14.6. The van der Waals surface area contributed by atoms with E-state index >= 15 is 0 Å². The maximum absolute atomic E-state index is 12.8. The molecule has 0 atom stereocenters. The van der Waals surface area contributed by atoms with Crippen molar-refractivity contribution in [2.45, 2.75) is 66.2 Å². The smallest absolute Gasteiger partial charge is 0.254 e. The second-order valence-electron chi connectivity index (χ2n) is 6.86. The summed E-state index contributed by atoms with van der Waals surface area (Å²) in [5, 5.41) is 0. The maximum Gasteiger partial charge on any atom is 0.254 e. The Hall–Kier alpha value is -1.31. The third-order valence-corrected chi connectivity index (χ3v) is 4.17. The molecule has 0 N–H and O–H groups in total. The molecule has 21 heavy (non-hydrogen) atoms. The standard InChI is InChI=1S/C19H31NO/c1-9-20(8)19(21)18-16(13(4)5)10-15(12(2)3)11-17(18)14(6)7/h10-14H,9H2,1-8H3. The van der Waals surface area contributed by atoms with Crippen LogP contribution in [0.4, 0.5) is 0 Å². The van der Waals surface area contributed by atoms with E-state index in [9.17, 15) is 4.79 Å². The van der Waals surface area contributed by atoms with Crippen LogP contribution < -0.4 is 0 Å². The molecule has 2 nitrogen and oxygen atoms in total. The van der Waals surface area contributed by atoms with Crippen molar-refractivity contribution in [3.05, 3.63) is 34.4 Å². The largest absolute Gasteiger partial charge is 0.342 e. The van der Waals surface area contributed by atoms with E-state index in [1.807, 2.05) is 18.9 Å². The first-order chi connectivity index (χ1) is 9.70. The van der Waals surface area contributed by atoms with Gasteiger partial charge < -0.3 is 4.90 Å². The van der Waals surface area contributed by atoms with Gasteiger partial charge in [0.2, 0.25) is 0 Å². The van der Waals surface area contributed by atoms with Crippen LogP contribution in [-0.4, -0.2) is 24.4 Å². The number of amides is 1. The lowest BCUT2D eigenvalue weighted by Crippen LogP contribution is -2.29. The Balaban J connectivity index is 3.61. The molecule has 1 amide bonds. The van der Waals surface area contributed by atoms with Gasteiger partial charge in [-0.25, -0.2) is 0 Å². The number of benzene rings is 1. The highest BCUT2D eigenvalue weighted by Gasteiger charge is 2.23. The second kappa shape index (κ2) is 7.11. The zero-order valence-corrected chi connectivity index (χ0v) is 14.9. The summed E-state index contributed by atoms with van der Waals surface area (Å²) in [6, 6.07) is 4.47. The lowest BCUT2D eigenvalue weighted by Gasteiger charge is -2.25. The molecule has 0 saturated carbocycles. The Morgan fingerprint density at radius 3 is 1.67 bits per heavy atom. The van der Waals surface area contributed by atoms with Gasteiger partial charge in [0, 0.05) is 19.2 Å². The fraction of sp³-hybridized carbons (Fsp3) is 0.632. The fourth-order valence-electron chi connectivity index (χ4n) is 2.54. The molecule has 0 aromatic heterocycles. The van der Waals surface area contributed by atoms with Gasteiger partial charge in [-0.05, 0) is 41.4 Å². The van der Waals surface area contributed by atoms with E-state index in [1.165, 1.54) is 16.7 Å². The van der Waals surface area contributed by atoms with Gasteiger partial charge in [0.05, 0.1) is 0 Å². The molecule has 1 aromatic rings. The van der Waals surface area contributed by atoms with E-state index < -0.39 is 0 Å². The van der Waals surface area contributed by atoms with Gasteiger partial charge in [0.25, 0.3) is 5.91 Å². The molecule has 0 aliphatic rings. The Labute approximate surface area is 130 Å². The predicted octanol–water partition coefficient (Wildman–Crippen LogP) is 5.15. The number of rotatable bonds is 5. The van der Waals surface area contributed by atoms with Crippen LogP contribution in [0.2, 0.25) is 0 Å². The molecule has 0 spiro atoms. The third kappa shape index (κ3) is 3.87. The average molecular weight is 289 g/mol. The van der Waals surface area contributed by atoms with E-state index in [1.54, 1.807) is 0 Å². The van der Waals surface area contributed by atoms with Crippen molar-refractivity contribution in [3.8, 4) is 0 Å². The monoisotopic (exact) mass is 289 g/mol. The summed E-state index contributed by atoms with van der Waals surface area (Å²) < 4.78 is 0. The summed E-state index contributed by atoms with van der Waals surface area (Å²) in [6.07, 6.45) is 0. The first-order valence-electron chi connectivity index (χ1n) is 8.13. The summed E-state index contributed by atoms with van der Waals surface area (Å²) >= 11 is 0. The van der Waals surface area contributed by atoms with Crippen molar-refractivity contribution in [3.63, 3.8) is 0 Å². The van der Waals surface area contributed by atoms with Gasteiger partial charge in [-0.3, -0.25) is 4.79 Å². The van der Waals surface area contributed by atoms with Crippen molar-refractivity contribution in [2.24, 2.45) is 0 Å². The highest BCUT2D eigenvalue weighted by molar-refractivity contribution is 5.97. The Morgan fingerprint density at radius 1 is 0.952 bits per heavy atom. The summed E-state index contributed by atoms with van der Waals surface area (Å²) in [5.74, 6) is 1.34. The number of hydrogen-bond acceptors (Lipinski definition) is 1. The molecule has 0 aliphatic carbocycles. The van der Waals surface area contributed by atoms with Crippen LogP contribution in [0.15, 0.2) is 12.1 Å². The lowest BCUT2D eigenvalue weighted by atomic mass is 9.84. The van der Waals surface area contributed by atoms with E-state index in [2.05, 4.69) is 53.7 Å². The Bertz CT molecular complexity index is 471. The lowest BCUT2D eigenvalue weighted by molar-refractivity contribution is 0.0799. The van der Waals surface area contributed by atoms with E-state index in [0.29, 0.717) is 17.8 Å². The van der Waals surface area contributed by atoms with Crippen molar-refractivity contribution in [1.82, 2.24) is 4.90 Å². The number of carbonyl (C=O) groups is 1. The quantitative estimate of drug-likeness (QED) is 0.734. The van der Waals surface area contributed by atoms with E-state index in [4.69, 9.17) is 0 Å². The van der Waals surface area contributed by atoms with Gasteiger partial charge in [-0.1, -0.05) is 53.7 Å². The maximum atomic E-state index is 12.8. The number of hydrogen-bond donors (Lipinski definition) is 0. The minimum Gasteiger partial charge on any atom is -0.342 e.